The van der Waals surface area contributed by atoms with E-state index in [1.165, 1.54) is 0 Å². The molecule has 0 aromatic carbocycles. The average molecular weight is 283 g/mol. The number of nitrogens with two attached hydrogens (primary N) is 1. The molecule has 1 heterocycles. The second-order valence-electron chi connectivity index (χ2n) is 4.40. The van der Waals surface area contributed by atoms with Gasteiger partial charge in [-0.3, -0.25) is 10.2 Å². The normalized spacial score (nSPS) is 10.3. The summed E-state index contributed by atoms with van der Waals surface area (Å²) < 4.78 is 5.43. The first-order chi connectivity index (χ1) is 9.46. The van der Waals surface area contributed by atoms with Gasteiger partial charge in [0.15, 0.2) is 0 Å². The molecule has 9 heteroatoms. The van der Waals surface area contributed by atoms with Crippen LogP contribution in [0.2, 0.25) is 0 Å². The lowest BCUT2D eigenvalue weighted by molar-refractivity contribution is -0.120. The van der Waals surface area contributed by atoms with Gasteiger partial charge in [-0.2, -0.15) is 15.0 Å². The lowest BCUT2D eigenvalue weighted by Gasteiger charge is -2.18. The van der Waals surface area contributed by atoms with E-state index in [2.05, 4.69) is 25.7 Å². The Balaban J connectivity index is 2.83. The van der Waals surface area contributed by atoms with E-state index in [-0.39, 0.29) is 24.0 Å². The number of aromatic nitrogens is 3. The van der Waals surface area contributed by atoms with Crippen LogP contribution in [-0.4, -0.2) is 47.6 Å². The van der Waals surface area contributed by atoms with E-state index < -0.39 is 0 Å². The predicted molar refractivity (Wildman–Crippen MR) is 75.4 cm³/mol. The maximum Gasteiger partial charge on any atom is 0.323 e. The van der Waals surface area contributed by atoms with Crippen LogP contribution in [-0.2, 0) is 4.79 Å². The van der Waals surface area contributed by atoms with E-state index in [1.807, 2.05) is 13.8 Å². The molecule has 20 heavy (non-hydrogen) atoms. The summed E-state index contributed by atoms with van der Waals surface area (Å²) in [6, 6.07) is 0.185. The summed E-state index contributed by atoms with van der Waals surface area (Å²) in [5.74, 6) is 5.86. The fourth-order valence-electron chi connectivity index (χ4n) is 1.34. The number of nitrogens with zero attached hydrogens (tertiary/aromatic N) is 4. The molecule has 0 atom stereocenters. The highest BCUT2D eigenvalue weighted by Crippen LogP contribution is 2.14. The fraction of sp³-hybridized carbons (Fsp3) is 0.636. The van der Waals surface area contributed by atoms with Crippen LogP contribution in [0.15, 0.2) is 0 Å². The number of rotatable bonds is 7. The van der Waals surface area contributed by atoms with Gasteiger partial charge in [0.2, 0.25) is 17.8 Å². The molecule has 0 saturated heterocycles. The highest BCUT2D eigenvalue weighted by molar-refractivity contribution is 5.76. The summed E-state index contributed by atoms with van der Waals surface area (Å²) in [5.41, 5.74) is 2.36. The Bertz CT molecular complexity index is 452. The molecule has 9 nitrogen and oxygen atoms in total. The Hall–Kier alpha value is -2.16. The Morgan fingerprint density at radius 3 is 2.65 bits per heavy atom. The number of anilines is 2. The predicted octanol–water partition coefficient (Wildman–Crippen LogP) is -0.483. The van der Waals surface area contributed by atoms with Gasteiger partial charge in [-0.25, -0.2) is 5.84 Å². The Kier molecular flexibility index (Phi) is 5.91. The van der Waals surface area contributed by atoms with Gasteiger partial charge in [-0.05, 0) is 13.8 Å². The van der Waals surface area contributed by atoms with E-state index in [0.29, 0.717) is 18.9 Å². The lowest BCUT2D eigenvalue weighted by atomic mass is 10.4. The lowest BCUT2D eigenvalue weighted by Crippen LogP contribution is -2.28. The summed E-state index contributed by atoms with van der Waals surface area (Å²) in [6.45, 7) is 4.21. The number of hydrazine groups is 1. The Labute approximate surface area is 117 Å². The van der Waals surface area contributed by atoms with Gasteiger partial charge in [0, 0.05) is 27.1 Å². The number of hydrogen-bond donors (Lipinski definition) is 3. The summed E-state index contributed by atoms with van der Waals surface area (Å²) in [4.78, 5) is 25.3. The van der Waals surface area contributed by atoms with Crippen molar-refractivity contribution < 1.29 is 9.53 Å². The van der Waals surface area contributed by atoms with Crippen molar-refractivity contribution in [3.05, 3.63) is 0 Å². The molecule has 0 aliphatic rings. The first-order valence-electron chi connectivity index (χ1n) is 6.27. The number of ether oxygens (including phenoxy) is 1. The van der Waals surface area contributed by atoms with E-state index in [1.54, 1.807) is 19.0 Å². The molecule has 0 fully saturated rings. The van der Waals surface area contributed by atoms with Crippen LogP contribution in [0.4, 0.5) is 11.9 Å². The molecule has 0 bridgehead atoms. The zero-order chi connectivity index (χ0) is 15.1. The summed E-state index contributed by atoms with van der Waals surface area (Å²) >= 11 is 0. The minimum Gasteiger partial charge on any atom is -0.461 e. The van der Waals surface area contributed by atoms with Gasteiger partial charge in [0.25, 0.3) is 0 Å². The molecule has 0 spiro atoms. The van der Waals surface area contributed by atoms with Crippen molar-refractivity contribution in [1.82, 2.24) is 20.3 Å². The summed E-state index contributed by atoms with van der Waals surface area (Å²) in [6.07, 6.45) is 0.275. The van der Waals surface area contributed by atoms with Crippen LogP contribution in [0.1, 0.15) is 20.3 Å². The van der Waals surface area contributed by atoms with E-state index in [0.717, 1.165) is 0 Å². The maximum absolute atomic E-state index is 11.2. The van der Waals surface area contributed by atoms with Gasteiger partial charge < -0.3 is 15.0 Å². The number of nitrogens with one attached hydrogen (secondary N) is 2. The van der Waals surface area contributed by atoms with E-state index >= 15 is 0 Å². The topological polar surface area (TPSA) is 118 Å². The second kappa shape index (κ2) is 7.43. The third kappa shape index (κ3) is 4.84. The van der Waals surface area contributed by atoms with Gasteiger partial charge in [0.05, 0.1) is 6.10 Å². The monoisotopic (exact) mass is 283 g/mol. The molecule has 4 N–H and O–H groups in total. The standard InChI is InChI=1S/C11H21N7O2/c1-7(2)20-11-15-9(17-12)14-10(16-11)18(4)6-5-8(19)13-3/h7H,5-6,12H2,1-4H3,(H,13,19)(H,14,15,16,17). The molecule has 0 unspecified atom stereocenters. The van der Waals surface area contributed by atoms with Crippen molar-refractivity contribution in [2.24, 2.45) is 5.84 Å². The molecule has 0 aliphatic heterocycles. The highest BCUT2D eigenvalue weighted by atomic mass is 16.5. The Morgan fingerprint density at radius 1 is 1.40 bits per heavy atom. The molecule has 0 aliphatic carbocycles. The van der Waals surface area contributed by atoms with E-state index in [4.69, 9.17) is 10.6 Å². The summed E-state index contributed by atoms with van der Waals surface area (Å²) in [5, 5.41) is 2.56. The molecule has 0 saturated carbocycles. The molecule has 1 aromatic rings. The number of hydrogen-bond acceptors (Lipinski definition) is 8. The van der Waals surface area contributed by atoms with Crippen LogP contribution in [0.25, 0.3) is 0 Å². The minimum atomic E-state index is -0.0629. The van der Waals surface area contributed by atoms with Crippen molar-refractivity contribution in [1.29, 1.82) is 0 Å². The molecule has 1 rings (SSSR count). The fourth-order valence-corrected chi connectivity index (χ4v) is 1.34. The highest BCUT2D eigenvalue weighted by Gasteiger charge is 2.12. The number of carbonyl (C=O) groups is 1. The number of amides is 1. The molecule has 112 valence electrons. The summed E-state index contributed by atoms with van der Waals surface area (Å²) in [7, 11) is 3.37. The van der Waals surface area contributed by atoms with Crippen molar-refractivity contribution in [3.8, 4) is 6.01 Å². The van der Waals surface area contributed by atoms with Gasteiger partial charge >= 0.3 is 6.01 Å². The molecule has 1 aromatic heterocycles. The zero-order valence-corrected chi connectivity index (χ0v) is 12.2. The van der Waals surface area contributed by atoms with Gasteiger partial charge in [-0.1, -0.05) is 0 Å². The first-order valence-corrected chi connectivity index (χ1v) is 6.27. The maximum atomic E-state index is 11.2. The van der Waals surface area contributed by atoms with Crippen LogP contribution in [0.3, 0.4) is 0 Å². The van der Waals surface area contributed by atoms with Crippen LogP contribution < -0.4 is 26.2 Å². The molecular formula is C11H21N7O2. The third-order valence-electron chi connectivity index (χ3n) is 2.37. The molecule has 1 amide bonds. The first kappa shape index (κ1) is 15.9. The average Bonchev–Trinajstić information content (AvgIpc) is 2.43. The molecule has 0 radical (unpaired) electrons. The second-order valence-corrected chi connectivity index (χ2v) is 4.40. The minimum absolute atomic E-state index is 0.0540. The SMILES string of the molecule is CNC(=O)CCN(C)c1nc(NN)nc(OC(C)C)n1. The van der Waals surface area contributed by atoms with Crippen molar-refractivity contribution in [2.75, 3.05) is 31.0 Å². The van der Waals surface area contributed by atoms with Crippen LogP contribution in [0, 0.1) is 0 Å². The van der Waals surface area contributed by atoms with Crippen molar-refractivity contribution in [2.45, 2.75) is 26.4 Å². The largest absolute Gasteiger partial charge is 0.461 e. The van der Waals surface area contributed by atoms with E-state index in [9.17, 15) is 4.79 Å². The molecular weight excluding hydrogens is 262 g/mol. The van der Waals surface area contributed by atoms with Crippen LogP contribution in [0.5, 0.6) is 6.01 Å². The smallest absolute Gasteiger partial charge is 0.323 e. The number of nitrogen functional groups attached to an aromatic ring is 1. The third-order valence-corrected chi connectivity index (χ3v) is 2.37. The van der Waals surface area contributed by atoms with Crippen molar-refractivity contribution in [3.63, 3.8) is 0 Å². The zero-order valence-electron chi connectivity index (χ0n) is 12.2. The van der Waals surface area contributed by atoms with Gasteiger partial charge in [-0.15, -0.1) is 0 Å². The van der Waals surface area contributed by atoms with Crippen LogP contribution >= 0.6 is 0 Å². The van der Waals surface area contributed by atoms with Gasteiger partial charge in [0.1, 0.15) is 0 Å². The Morgan fingerprint density at radius 2 is 2.10 bits per heavy atom. The van der Waals surface area contributed by atoms with Crippen molar-refractivity contribution >= 4 is 17.8 Å². The quantitative estimate of drug-likeness (QED) is 0.453. The number of carbonyl (C=O) groups excluding carboxylic acids is 1.